The zero-order valence-electron chi connectivity index (χ0n) is 15.1. The number of rotatable bonds is 1. The molecular formula is C20H16N4O2S. The van der Waals surface area contributed by atoms with Crippen LogP contribution < -0.4 is 0 Å². The summed E-state index contributed by atoms with van der Waals surface area (Å²) in [7, 11) is 0. The van der Waals surface area contributed by atoms with Crippen molar-refractivity contribution in [3.63, 3.8) is 0 Å². The molecule has 2 aromatic heterocycles. The van der Waals surface area contributed by atoms with E-state index in [2.05, 4.69) is 14.8 Å². The van der Waals surface area contributed by atoms with Crippen molar-refractivity contribution >= 4 is 39.8 Å². The fraction of sp³-hybridized carbons (Fsp3) is 0.200. The fourth-order valence-electron chi connectivity index (χ4n) is 3.02. The summed E-state index contributed by atoms with van der Waals surface area (Å²) in [4.78, 5) is 13.0. The summed E-state index contributed by atoms with van der Waals surface area (Å²) in [6, 6.07) is 15.2. The minimum Gasteiger partial charge on any atom is -0.443 e. The lowest BCUT2D eigenvalue weighted by Gasteiger charge is -2.21. The van der Waals surface area contributed by atoms with E-state index in [1.807, 2.05) is 51.1 Å². The quantitative estimate of drug-likeness (QED) is 0.468. The van der Waals surface area contributed by atoms with Crippen LogP contribution in [0.2, 0.25) is 0 Å². The Morgan fingerprint density at radius 2 is 1.89 bits per heavy atom. The van der Waals surface area contributed by atoms with Gasteiger partial charge in [0.1, 0.15) is 22.7 Å². The first-order chi connectivity index (χ1) is 12.9. The number of carbonyl (C=O) groups excluding carboxylic acids is 1. The van der Waals surface area contributed by atoms with E-state index in [4.69, 9.17) is 4.74 Å². The molecule has 2 heterocycles. The van der Waals surface area contributed by atoms with Crippen molar-refractivity contribution in [2.24, 2.45) is 0 Å². The molecule has 0 aliphatic heterocycles. The summed E-state index contributed by atoms with van der Waals surface area (Å²) < 4.78 is 15.8. The molecule has 0 aliphatic carbocycles. The second kappa shape index (κ2) is 6.18. The van der Waals surface area contributed by atoms with Crippen molar-refractivity contribution in [3.8, 4) is 17.3 Å². The summed E-state index contributed by atoms with van der Waals surface area (Å²) in [5.41, 5.74) is 3.13. The SMILES string of the molecule is CC(C)(C)OC(=O)n1c(-c2ccc(C#N)c3nsnc23)cc2ccccc21. The predicted molar refractivity (Wildman–Crippen MR) is 105 cm³/mol. The maximum absolute atomic E-state index is 13.0. The summed E-state index contributed by atoms with van der Waals surface area (Å²) >= 11 is 1.05. The van der Waals surface area contributed by atoms with Gasteiger partial charge >= 0.3 is 6.09 Å². The third kappa shape index (κ3) is 2.94. The molecule has 134 valence electrons. The lowest BCUT2D eigenvalue weighted by atomic mass is 10.1. The molecule has 0 aliphatic rings. The molecule has 7 heteroatoms. The second-order valence-corrected chi connectivity index (χ2v) is 7.67. The number of hydrogen-bond donors (Lipinski definition) is 0. The van der Waals surface area contributed by atoms with Crippen LogP contribution in [0.5, 0.6) is 0 Å². The number of fused-ring (bicyclic) bond motifs is 2. The van der Waals surface area contributed by atoms with E-state index in [9.17, 15) is 10.1 Å². The van der Waals surface area contributed by atoms with Crippen LogP contribution in [0, 0.1) is 11.3 Å². The van der Waals surface area contributed by atoms with Gasteiger partial charge in [-0.1, -0.05) is 18.2 Å². The van der Waals surface area contributed by atoms with Crippen LogP contribution in [0.3, 0.4) is 0 Å². The molecule has 0 saturated heterocycles. The van der Waals surface area contributed by atoms with Gasteiger partial charge in [-0.3, -0.25) is 0 Å². The molecular weight excluding hydrogens is 360 g/mol. The first-order valence-corrected chi connectivity index (χ1v) is 9.11. The molecule has 0 fully saturated rings. The maximum Gasteiger partial charge on any atom is 0.419 e. The first kappa shape index (κ1) is 17.2. The number of nitrogens with zero attached hydrogens (tertiary/aromatic N) is 4. The third-order valence-electron chi connectivity index (χ3n) is 4.10. The van der Waals surface area contributed by atoms with Crippen molar-refractivity contribution in [3.05, 3.63) is 48.0 Å². The van der Waals surface area contributed by atoms with Crippen LogP contribution in [-0.2, 0) is 4.74 Å². The predicted octanol–water partition coefficient (Wildman–Crippen LogP) is 4.97. The Balaban J connectivity index is 2.01. The van der Waals surface area contributed by atoms with Crippen LogP contribution in [0.25, 0.3) is 33.2 Å². The second-order valence-electron chi connectivity index (χ2n) is 7.14. The molecule has 0 atom stereocenters. The number of benzene rings is 2. The smallest absolute Gasteiger partial charge is 0.419 e. The summed E-state index contributed by atoms with van der Waals surface area (Å²) in [5.74, 6) is 0. The minimum atomic E-state index is -0.623. The Bertz CT molecular complexity index is 1220. The summed E-state index contributed by atoms with van der Waals surface area (Å²) in [6.07, 6.45) is -0.459. The average molecular weight is 376 g/mol. The molecule has 0 spiro atoms. The van der Waals surface area contributed by atoms with E-state index in [1.165, 1.54) is 0 Å². The highest BCUT2D eigenvalue weighted by Crippen LogP contribution is 2.34. The highest BCUT2D eigenvalue weighted by molar-refractivity contribution is 7.00. The standard InChI is InChI=1S/C20H16N4O2S/c1-20(2,3)26-19(25)24-15-7-5-4-6-12(15)10-16(24)14-9-8-13(11-21)17-18(14)23-27-22-17/h4-10H,1-3H3. The summed E-state index contributed by atoms with van der Waals surface area (Å²) in [6.45, 7) is 5.50. The molecule has 27 heavy (non-hydrogen) atoms. The van der Waals surface area contributed by atoms with Crippen LogP contribution in [0.4, 0.5) is 4.79 Å². The molecule has 0 amide bonds. The van der Waals surface area contributed by atoms with Crippen LogP contribution in [-0.4, -0.2) is 25.0 Å². The molecule has 0 radical (unpaired) electrons. The molecule has 6 nitrogen and oxygen atoms in total. The Morgan fingerprint density at radius 1 is 1.15 bits per heavy atom. The van der Waals surface area contributed by atoms with Gasteiger partial charge < -0.3 is 4.74 Å². The first-order valence-electron chi connectivity index (χ1n) is 8.38. The fourth-order valence-corrected chi connectivity index (χ4v) is 3.59. The van der Waals surface area contributed by atoms with Gasteiger partial charge in [0.15, 0.2) is 0 Å². The lowest BCUT2D eigenvalue weighted by molar-refractivity contribution is 0.0547. The molecule has 0 unspecified atom stereocenters. The van der Waals surface area contributed by atoms with E-state index in [0.29, 0.717) is 22.3 Å². The number of hydrogen-bond acceptors (Lipinski definition) is 6. The van der Waals surface area contributed by atoms with Crippen molar-refractivity contribution in [2.45, 2.75) is 26.4 Å². The van der Waals surface area contributed by atoms with Crippen LogP contribution in [0.1, 0.15) is 26.3 Å². The topological polar surface area (TPSA) is 80.8 Å². The van der Waals surface area contributed by atoms with E-state index in [1.54, 1.807) is 16.7 Å². The maximum atomic E-state index is 13.0. The van der Waals surface area contributed by atoms with E-state index < -0.39 is 11.7 Å². The van der Waals surface area contributed by atoms with Crippen molar-refractivity contribution in [1.29, 1.82) is 5.26 Å². The number of nitriles is 1. The summed E-state index contributed by atoms with van der Waals surface area (Å²) in [5, 5.41) is 10.2. The Labute approximate surface area is 159 Å². The number of aromatic nitrogens is 3. The zero-order chi connectivity index (χ0) is 19.2. The normalized spacial score (nSPS) is 11.6. The van der Waals surface area contributed by atoms with Gasteiger partial charge in [0.2, 0.25) is 0 Å². The van der Waals surface area contributed by atoms with Gasteiger partial charge in [0.05, 0.1) is 28.5 Å². The Hall–Kier alpha value is -3.24. The van der Waals surface area contributed by atoms with Crippen LogP contribution >= 0.6 is 11.7 Å². The molecule has 2 aromatic carbocycles. The molecule has 0 saturated carbocycles. The third-order valence-corrected chi connectivity index (χ3v) is 4.63. The zero-order valence-corrected chi connectivity index (χ0v) is 15.9. The molecule has 0 N–H and O–H groups in total. The highest BCUT2D eigenvalue weighted by atomic mass is 32.1. The minimum absolute atomic E-state index is 0.459. The van der Waals surface area contributed by atoms with Gasteiger partial charge in [0, 0.05) is 10.9 Å². The van der Waals surface area contributed by atoms with Crippen molar-refractivity contribution < 1.29 is 9.53 Å². The van der Waals surface area contributed by atoms with Gasteiger partial charge in [-0.05, 0) is 45.0 Å². The Morgan fingerprint density at radius 3 is 2.63 bits per heavy atom. The number of ether oxygens (including phenoxy) is 1. The average Bonchev–Trinajstić information content (AvgIpc) is 3.24. The van der Waals surface area contributed by atoms with Crippen LogP contribution in [0.15, 0.2) is 42.5 Å². The molecule has 4 rings (SSSR count). The largest absolute Gasteiger partial charge is 0.443 e. The van der Waals surface area contributed by atoms with E-state index >= 15 is 0 Å². The number of para-hydroxylation sites is 1. The van der Waals surface area contributed by atoms with Crippen molar-refractivity contribution in [2.75, 3.05) is 0 Å². The van der Waals surface area contributed by atoms with Gasteiger partial charge in [-0.15, -0.1) is 0 Å². The van der Waals surface area contributed by atoms with Gasteiger partial charge in [-0.2, -0.15) is 14.0 Å². The van der Waals surface area contributed by atoms with E-state index in [0.717, 1.165) is 28.2 Å². The molecule has 0 bridgehead atoms. The monoisotopic (exact) mass is 376 g/mol. The van der Waals surface area contributed by atoms with E-state index in [-0.39, 0.29) is 0 Å². The lowest BCUT2D eigenvalue weighted by Crippen LogP contribution is -2.27. The number of carbonyl (C=O) groups is 1. The van der Waals surface area contributed by atoms with Gasteiger partial charge in [-0.25, -0.2) is 9.36 Å². The van der Waals surface area contributed by atoms with Gasteiger partial charge in [0.25, 0.3) is 0 Å². The molecule has 4 aromatic rings. The van der Waals surface area contributed by atoms with Crippen molar-refractivity contribution in [1.82, 2.24) is 13.3 Å². The Kier molecular flexibility index (Phi) is 3.93. The highest BCUT2D eigenvalue weighted by Gasteiger charge is 2.24.